The lowest BCUT2D eigenvalue weighted by atomic mass is 9.98. The van der Waals surface area contributed by atoms with Gasteiger partial charge in [-0.05, 0) is 66.8 Å². The largest absolute Gasteiger partial charge is 0.491 e. The van der Waals surface area contributed by atoms with Crippen molar-refractivity contribution in [3.8, 4) is 22.7 Å². The van der Waals surface area contributed by atoms with E-state index in [0.29, 0.717) is 55.4 Å². The number of para-hydroxylation sites is 1. The Hall–Kier alpha value is -4.02. The van der Waals surface area contributed by atoms with E-state index in [9.17, 15) is 18.0 Å². The van der Waals surface area contributed by atoms with E-state index in [-0.39, 0.29) is 5.02 Å². The van der Waals surface area contributed by atoms with Crippen LogP contribution in [0.5, 0.6) is 5.75 Å². The fraction of sp³-hybridized carbons (Fsp3) is 0.333. The normalized spacial score (nSPS) is 13.7. The van der Waals surface area contributed by atoms with E-state index >= 15 is 0 Å². The first kappa shape index (κ1) is 31.4. The number of halogens is 4. The van der Waals surface area contributed by atoms with Crippen LogP contribution in [0.15, 0.2) is 54.6 Å². The molecule has 2 heterocycles. The molecule has 0 saturated heterocycles. The van der Waals surface area contributed by atoms with Crippen molar-refractivity contribution in [2.75, 3.05) is 18.5 Å². The van der Waals surface area contributed by atoms with Crippen molar-refractivity contribution >= 4 is 23.3 Å². The Balaban J connectivity index is 1.58. The third-order valence-corrected chi connectivity index (χ3v) is 7.99. The Bertz CT molecular complexity index is 1660. The van der Waals surface area contributed by atoms with Crippen molar-refractivity contribution in [2.24, 2.45) is 11.7 Å². The number of primary amides is 1. The van der Waals surface area contributed by atoms with E-state index in [1.165, 1.54) is 0 Å². The summed E-state index contributed by atoms with van der Waals surface area (Å²) in [6, 6.07) is 14.8. The summed E-state index contributed by atoms with van der Waals surface area (Å²) in [6.45, 7) is 9.96. The molecular formula is C33H35ClF3N5O2. The first-order valence-corrected chi connectivity index (χ1v) is 14.8. The molecule has 232 valence electrons. The molecule has 2 amide bonds. The smallest absolute Gasteiger partial charge is 0.416 e. The van der Waals surface area contributed by atoms with Crippen LogP contribution < -0.4 is 15.8 Å². The monoisotopic (exact) mass is 625 g/mol. The van der Waals surface area contributed by atoms with Crippen molar-refractivity contribution < 1.29 is 22.7 Å². The minimum absolute atomic E-state index is 0.100. The van der Waals surface area contributed by atoms with Gasteiger partial charge >= 0.3 is 12.2 Å². The van der Waals surface area contributed by atoms with Gasteiger partial charge in [-0.25, -0.2) is 9.48 Å². The SMILES string of the molecule is Cc1cc(C(F)(F)F)cc(Cl)c1CN1CCc2nn(-c3c(C)cccc3OCC(C)C)c(-c3ccc(NC(N)=O)cc3)c2C1. The van der Waals surface area contributed by atoms with Crippen molar-refractivity contribution in [1.82, 2.24) is 14.7 Å². The molecule has 0 spiro atoms. The molecule has 3 aromatic carbocycles. The maximum absolute atomic E-state index is 13.4. The molecule has 0 aliphatic carbocycles. The lowest BCUT2D eigenvalue weighted by Crippen LogP contribution is -2.30. The summed E-state index contributed by atoms with van der Waals surface area (Å²) in [5.41, 5.74) is 11.8. The Morgan fingerprint density at radius 1 is 1.11 bits per heavy atom. The number of ether oxygens (including phenoxy) is 1. The van der Waals surface area contributed by atoms with Crippen molar-refractivity contribution in [2.45, 2.75) is 53.4 Å². The number of fused-ring (bicyclic) bond motifs is 1. The lowest BCUT2D eigenvalue weighted by molar-refractivity contribution is -0.137. The lowest BCUT2D eigenvalue weighted by Gasteiger charge is -2.28. The van der Waals surface area contributed by atoms with Crippen LogP contribution in [0.25, 0.3) is 16.9 Å². The number of hydrogen-bond donors (Lipinski definition) is 2. The fourth-order valence-corrected chi connectivity index (χ4v) is 5.84. The molecule has 3 N–H and O–H groups in total. The Labute approximate surface area is 259 Å². The van der Waals surface area contributed by atoms with Gasteiger partial charge in [-0.3, -0.25) is 4.90 Å². The summed E-state index contributed by atoms with van der Waals surface area (Å²) in [5.74, 6) is 1.05. The second-order valence-electron chi connectivity index (χ2n) is 11.6. The third kappa shape index (κ3) is 6.71. The van der Waals surface area contributed by atoms with Gasteiger partial charge in [-0.2, -0.15) is 18.3 Å². The molecule has 7 nitrogen and oxygen atoms in total. The molecule has 0 atom stereocenters. The minimum Gasteiger partial charge on any atom is -0.491 e. The molecule has 0 radical (unpaired) electrons. The number of carbonyl (C=O) groups excluding carboxylic acids is 1. The van der Waals surface area contributed by atoms with Crippen molar-refractivity contribution in [1.29, 1.82) is 0 Å². The average Bonchev–Trinajstić information content (AvgIpc) is 3.31. The van der Waals surface area contributed by atoms with Gasteiger partial charge in [-0.15, -0.1) is 0 Å². The van der Waals surface area contributed by atoms with Gasteiger partial charge in [0.25, 0.3) is 0 Å². The van der Waals surface area contributed by atoms with Crippen molar-refractivity contribution in [3.05, 3.63) is 93.1 Å². The van der Waals surface area contributed by atoms with Gasteiger partial charge in [0.15, 0.2) is 0 Å². The number of urea groups is 1. The molecule has 0 bridgehead atoms. The number of nitrogens with one attached hydrogen (secondary N) is 1. The molecule has 11 heteroatoms. The second-order valence-corrected chi connectivity index (χ2v) is 12.0. The van der Waals surface area contributed by atoms with Gasteiger partial charge in [-0.1, -0.05) is 49.7 Å². The van der Waals surface area contributed by atoms with Gasteiger partial charge in [0.1, 0.15) is 11.4 Å². The maximum atomic E-state index is 13.4. The highest BCUT2D eigenvalue weighted by Crippen LogP contribution is 2.39. The van der Waals surface area contributed by atoms with Crippen LogP contribution in [0.1, 0.15) is 47.4 Å². The van der Waals surface area contributed by atoms with E-state index in [1.807, 2.05) is 41.9 Å². The molecule has 1 aromatic heterocycles. The fourth-order valence-electron chi connectivity index (χ4n) is 5.51. The number of anilines is 1. The van der Waals surface area contributed by atoms with Crippen LogP contribution in [-0.4, -0.2) is 33.9 Å². The summed E-state index contributed by atoms with van der Waals surface area (Å²) in [6.07, 6.45) is -3.83. The number of nitrogens with zero attached hydrogens (tertiary/aromatic N) is 3. The molecule has 1 aliphatic rings. The highest BCUT2D eigenvalue weighted by Gasteiger charge is 2.33. The number of nitrogens with two attached hydrogens (primary N) is 1. The van der Waals surface area contributed by atoms with E-state index in [1.54, 1.807) is 19.1 Å². The van der Waals surface area contributed by atoms with Crippen LogP contribution in [0.2, 0.25) is 5.02 Å². The first-order chi connectivity index (χ1) is 20.8. The zero-order valence-electron chi connectivity index (χ0n) is 25.1. The molecule has 44 heavy (non-hydrogen) atoms. The highest BCUT2D eigenvalue weighted by atomic mass is 35.5. The predicted octanol–water partition coefficient (Wildman–Crippen LogP) is 7.91. The van der Waals surface area contributed by atoms with E-state index < -0.39 is 17.8 Å². The summed E-state index contributed by atoms with van der Waals surface area (Å²) in [4.78, 5) is 13.6. The Morgan fingerprint density at radius 3 is 2.48 bits per heavy atom. The van der Waals surface area contributed by atoms with Crippen LogP contribution >= 0.6 is 11.6 Å². The number of amides is 2. The van der Waals surface area contributed by atoms with Crippen LogP contribution in [-0.2, 0) is 25.7 Å². The van der Waals surface area contributed by atoms with Crippen LogP contribution in [0, 0.1) is 19.8 Å². The number of benzene rings is 3. The van der Waals surface area contributed by atoms with E-state index in [4.69, 9.17) is 27.2 Å². The van der Waals surface area contributed by atoms with E-state index in [0.717, 1.165) is 51.6 Å². The number of aromatic nitrogens is 2. The molecule has 5 rings (SSSR count). The van der Waals surface area contributed by atoms with Gasteiger partial charge in [0.2, 0.25) is 0 Å². The topological polar surface area (TPSA) is 85.4 Å². The number of alkyl halides is 3. The number of aryl methyl sites for hydroxylation is 2. The zero-order valence-corrected chi connectivity index (χ0v) is 25.8. The highest BCUT2D eigenvalue weighted by molar-refractivity contribution is 6.31. The third-order valence-electron chi connectivity index (χ3n) is 7.65. The van der Waals surface area contributed by atoms with Gasteiger partial charge < -0.3 is 15.8 Å². The molecule has 0 unspecified atom stereocenters. The van der Waals surface area contributed by atoms with E-state index in [2.05, 4.69) is 24.1 Å². The predicted molar refractivity (Wildman–Crippen MR) is 166 cm³/mol. The summed E-state index contributed by atoms with van der Waals surface area (Å²) >= 11 is 6.41. The molecule has 0 fully saturated rings. The minimum atomic E-state index is -4.47. The van der Waals surface area contributed by atoms with Gasteiger partial charge in [0, 0.05) is 47.9 Å². The van der Waals surface area contributed by atoms with Gasteiger partial charge in [0.05, 0.1) is 23.6 Å². The summed E-state index contributed by atoms with van der Waals surface area (Å²) < 4.78 is 48.3. The molecular weight excluding hydrogens is 591 g/mol. The average molecular weight is 626 g/mol. The molecule has 1 aliphatic heterocycles. The Kier molecular flexibility index (Phi) is 8.95. The summed E-state index contributed by atoms with van der Waals surface area (Å²) in [7, 11) is 0. The first-order valence-electron chi connectivity index (χ1n) is 14.4. The number of carbonyl (C=O) groups is 1. The summed E-state index contributed by atoms with van der Waals surface area (Å²) in [5, 5.41) is 7.80. The zero-order chi connectivity index (χ0) is 31.8. The van der Waals surface area contributed by atoms with Crippen LogP contribution in [0.3, 0.4) is 0 Å². The Morgan fingerprint density at radius 2 is 1.84 bits per heavy atom. The number of hydrogen-bond acceptors (Lipinski definition) is 4. The standard InChI is InChI=1S/C33H35ClF3N5O2/c1-19(2)18-44-29-7-5-6-20(3)30(29)42-31(22-8-10-24(11-9-22)39-32(38)43)26-17-41(13-12-28(26)40-42)16-25-21(4)14-23(15-27(25)34)33(35,36)37/h5-11,14-15,19H,12-13,16-18H2,1-4H3,(H3,38,39,43). The van der Waals surface area contributed by atoms with Crippen LogP contribution in [0.4, 0.5) is 23.7 Å². The second kappa shape index (κ2) is 12.5. The molecule has 0 saturated carbocycles. The number of rotatable bonds is 8. The maximum Gasteiger partial charge on any atom is 0.416 e. The van der Waals surface area contributed by atoms with Crippen molar-refractivity contribution in [3.63, 3.8) is 0 Å². The quantitative estimate of drug-likeness (QED) is 0.208. The molecule has 4 aromatic rings.